The molecule has 9 heteroatoms. The number of hydrogen-bond acceptors (Lipinski definition) is 6. The smallest absolute Gasteiger partial charge is 0.356 e. The summed E-state index contributed by atoms with van der Waals surface area (Å²) in [5.74, 6) is -1.25. The SMILES string of the molecule is Cc1cc([N+](=O)[O-])ccc1NC(=O)COC(=O)c1ccn[nH]1. The summed E-state index contributed by atoms with van der Waals surface area (Å²) in [6, 6.07) is 5.45. The van der Waals surface area contributed by atoms with Crippen molar-refractivity contribution in [2.45, 2.75) is 6.92 Å². The molecule has 0 atom stereocenters. The Morgan fingerprint density at radius 2 is 2.18 bits per heavy atom. The first-order valence-electron chi connectivity index (χ1n) is 6.19. The number of amides is 1. The summed E-state index contributed by atoms with van der Waals surface area (Å²) in [4.78, 5) is 33.3. The maximum atomic E-state index is 11.7. The van der Waals surface area contributed by atoms with E-state index in [0.29, 0.717) is 11.3 Å². The third-order valence-electron chi connectivity index (χ3n) is 2.75. The van der Waals surface area contributed by atoms with Crippen LogP contribution in [0.4, 0.5) is 11.4 Å². The van der Waals surface area contributed by atoms with Crippen LogP contribution in [0.25, 0.3) is 0 Å². The minimum Gasteiger partial charge on any atom is -0.451 e. The van der Waals surface area contributed by atoms with Gasteiger partial charge in [0.05, 0.1) is 4.92 Å². The molecule has 1 heterocycles. The first kappa shape index (κ1) is 15.2. The highest BCUT2D eigenvalue weighted by Gasteiger charge is 2.13. The van der Waals surface area contributed by atoms with Gasteiger partial charge >= 0.3 is 5.97 Å². The normalized spacial score (nSPS) is 10.0. The summed E-state index contributed by atoms with van der Waals surface area (Å²) < 4.78 is 4.79. The quantitative estimate of drug-likeness (QED) is 0.488. The van der Waals surface area contributed by atoms with Crippen LogP contribution in [0, 0.1) is 17.0 Å². The molecule has 114 valence electrons. The number of aromatic amines is 1. The van der Waals surface area contributed by atoms with E-state index in [2.05, 4.69) is 15.5 Å². The average molecular weight is 304 g/mol. The van der Waals surface area contributed by atoms with Gasteiger partial charge in [-0.15, -0.1) is 0 Å². The highest BCUT2D eigenvalue weighted by molar-refractivity contribution is 5.95. The van der Waals surface area contributed by atoms with Crippen LogP contribution in [-0.4, -0.2) is 33.6 Å². The standard InChI is InChI=1S/C13H12N4O5/c1-8-6-9(17(20)21)2-3-10(8)15-12(18)7-22-13(19)11-4-5-14-16-11/h2-6H,7H2,1H3,(H,14,16)(H,15,18). The van der Waals surface area contributed by atoms with E-state index in [1.54, 1.807) is 6.92 Å². The molecule has 0 saturated heterocycles. The number of esters is 1. The van der Waals surface area contributed by atoms with Gasteiger partial charge in [0.1, 0.15) is 5.69 Å². The fourth-order valence-corrected chi connectivity index (χ4v) is 1.67. The average Bonchev–Trinajstić information content (AvgIpc) is 3.01. The van der Waals surface area contributed by atoms with Gasteiger partial charge in [0.25, 0.3) is 11.6 Å². The third-order valence-corrected chi connectivity index (χ3v) is 2.75. The van der Waals surface area contributed by atoms with Crippen LogP contribution >= 0.6 is 0 Å². The number of non-ortho nitro benzene ring substituents is 1. The minimum atomic E-state index is -0.701. The molecule has 0 bridgehead atoms. The lowest BCUT2D eigenvalue weighted by atomic mass is 10.2. The molecular formula is C13H12N4O5. The Labute approximate surface area is 124 Å². The van der Waals surface area contributed by atoms with Crippen LogP contribution < -0.4 is 5.32 Å². The summed E-state index contributed by atoms with van der Waals surface area (Å²) in [7, 11) is 0. The highest BCUT2D eigenvalue weighted by Crippen LogP contribution is 2.21. The van der Waals surface area contributed by atoms with E-state index >= 15 is 0 Å². The molecule has 22 heavy (non-hydrogen) atoms. The van der Waals surface area contributed by atoms with E-state index in [9.17, 15) is 19.7 Å². The molecule has 1 amide bonds. The second-order valence-corrected chi connectivity index (χ2v) is 4.35. The summed E-state index contributed by atoms with van der Waals surface area (Å²) in [5, 5.41) is 19.1. The van der Waals surface area contributed by atoms with Crippen molar-refractivity contribution in [3.63, 3.8) is 0 Å². The number of H-pyrrole nitrogens is 1. The molecule has 0 aliphatic rings. The van der Waals surface area contributed by atoms with E-state index in [1.807, 2.05) is 0 Å². The lowest BCUT2D eigenvalue weighted by Gasteiger charge is -2.08. The van der Waals surface area contributed by atoms with Gasteiger partial charge in [0.15, 0.2) is 6.61 Å². The summed E-state index contributed by atoms with van der Waals surface area (Å²) in [6.07, 6.45) is 1.39. The Kier molecular flexibility index (Phi) is 4.47. The molecule has 0 unspecified atom stereocenters. The highest BCUT2D eigenvalue weighted by atomic mass is 16.6. The predicted octanol–water partition coefficient (Wildman–Crippen LogP) is 1.42. The molecule has 0 fully saturated rings. The van der Waals surface area contributed by atoms with Crippen molar-refractivity contribution in [2.75, 3.05) is 11.9 Å². The summed E-state index contributed by atoms with van der Waals surface area (Å²) in [6.45, 7) is 1.15. The second kappa shape index (κ2) is 6.48. The van der Waals surface area contributed by atoms with Crippen molar-refractivity contribution in [3.05, 3.63) is 51.8 Å². The lowest BCUT2D eigenvalue weighted by molar-refractivity contribution is -0.384. The van der Waals surface area contributed by atoms with Crippen LogP contribution in [0.5, 0.6) is 0 Å². The molecule has 9 nitrogen and oxygen atoms in total. The molecule has 0 saturated carbocycles. The van der Waals surface area contributed by atoms with Crippen molar-refractivity contribution in [3.8, 4) is 0 Å². The zero-order valence-electron chi connectivity index (χ0n) is 11.5. The Morgan fingerprint density at radius 3 is 2.77 bits per heavy atom. The van der Waals surface area contributed by atoms with Gasteiger partial charge in [-0.25, -0.2) is 4.79 Å². The van der Waals surface area contributed by atoms with Crippen LogP contribution in [0.2, 0.25) is 0 Å². The topological polar surface area (TPSA) is 127 Å². The maximum absolute atomic E-state index is 11.7. The van der Waals surface area contributed by atoms with Gasteiger partial charge in [0, 0.05) is 24.0 Å². The molecule has 1 aromatic heterocycles. The van der Waals surface area contributed by atoms with Gasteiger partial charge in [-0.05, 0) is 24.6 Å². The van der Waals surface area contributed by atoms with Crippen LogP contribution in [0.1, 0.15) is 16.1 Å². The van der Waals surface area contributed by atoms with Crippen LogP contribution in [0.3, 0.4) is 0 Å². The minimum absolute atomic E-state index is 0.0684. The molecule has 0 spiro atoms. The maximum Gasteiger partial charge on any atom is 0.356 e. The van der Waals surface area contributed by atoms with Gasteiger partial charge < -0.3 is 10.1 Å². The fraction of sp³-hybridized carbons (Fsp3) is 0.154. The van der Waals surface area contributed by atoms with Gasteiger partial charge in [-0.3, -0.25) is 20.0 Å². The van der Waals surface area contributed by atoms with Crippen LogP contribution in [0.15, 0.2) is 30.5 Å². The third kappa shape index (κ3) is 3.66. The second-order valence-electron chi connectivity index (χ2n) is 4.35. The zero-order chi connectivity index (χ0) is 16.1. The number of rotatable bonds is 5. The molecular weight excluding hydrogens is 292 g/mol. The van der Waals surface area contributed by atoms with E-state index in [0.717, 1.165) is 0 Å². The molecule has 2 aromatic rings. The van der Waals surface area contributed by atoms with Gasteiger partial charge in [-0.1, -0.05) is 0 Å². The Balaban J connectivity index is 1.92. The fourth-order valence-electron chi connectivity index (χ4n) is 1.67. The molecule has 1 aromatic carbocycles. The van der Waals surface area contributed by atoms with Crippen molar-refractivity contribution in [1.29, 1.82) is 0 Å². The first-order chi connectivity index (χ1) is 10.5. The number of nitrogens with one attached hydrogen (secondary N) is 2. The van der Waals surface area contributed by atoms with E-state index in [1.165, 1.54) is 30.5 Å². The summed E-state index contributed by atoms with van der Waals surface area (Å²) in [5.41, 5.74) is 1.01. The molecule has 0 aliphatic carbocycles. The number of hydrogen-bond donors (Lipinski definition) is 2. The predicted molar refractivity (Wildman–Crippen MR) is 75.3 cm³/mol. The Hall–Kier alpha value is -3.23. The van der Waals surface area contributed by atoms with Crippen molar-refractivity contribution in [1.82, 2.24) is 10.2 Å². The molecule has 0 radical (unpaired) electrons. The number of anilines is 1. The van der Waals surface area contributed by atoms with E-state index in [4.69, 9.17) is 4.74 Å². The monoisotopic (exact) mass is 304 g/mol. The number of nitro benzene ring substituents is 1. The first-order valence-corrected chi connectivity index (χ1v) is 6.19. The number of nitrogens with zero attached hydrogens (tertiary/aromatic N) is 2. The van der Waals surface area contributed by atoms with Crippen molar-refractivity contribution >= 4 is 23.3 Å². The molecule has 2 rings (SSSR count). The van der Waals surface area contributed by atoms with Crippen LogP contribution in [-0.2, 0) is 9.53 Å². The zero-order valence-corrected chi connectivity index (χ0v) is 11.5. The molecule has 2 N–H and O–H groups in total. The van der Waals surface area contributed by atoms with Crippen molar-refractivity contribution < 1.29 is 19.2 Å². The number of carbonyl (C=O) groups excluding carboxylic acids is 2. The Morgan fingerprint density at radius 1 is 1.41 bits per heavy atom. The van der Waals surface area contributed by atoms with E-state index in [-0.39, 0.29) is 11.4 Å². The number of benzene rings is 1. The number of aryl methyl sites for hydroxylation is 1. The number of ether oxygens (including phenoxy) is 1. The number of aromatic nitrogens is 2. The van der Waals surface area contributed by atoms with E-state index < -0.39 is 23.4 Å². The lowest BCUT2D eigenvalue weighted by Crippen LogP contribution is -2.21. The molecule has 0 aliphatic heterocycles. The Bertz CT molecular complexity index is 711. The summed E-state index contributed by atoms with van der Waals surface area (Å²) >= 11 is 0. The largest absolute Gasteiger partial charge is 0.451 e. The number of carbonyl (C=O) groups is 2. The number of nitro groups is 1. The van der Waals surface area contributed by atoms with Gasteiger partial charge in [-0.2, -0.15) is 5.10 Å². The van der Waals surface area contributed by atoms with Crippen molar-refractivity contribution in [2.24, 2.45) is 0 Å². The van der Waals surface area contributed by atoms with Gasteiger partial charge in [0.2, 0.25) is 0 Å².